The van der Waals surface area contributed by atoms with Gasteiger partial charge in [0.25, 0.3) is 10.2 Å². The minimum atomic E-state index is -3.44. The van der Waals surface area contributed by atoms with E-state index in [0.717, 1.165) is 5.56 Å². The summed E-state index contributed by atoms with van der Waals surface area (Å²) >= 11 is 0. The second-order valence-corrected chi connectivity index (χ2v) is 6.13. The Balaban J connectivity index is 0.00000361. The summed E-state index contributed by atoms with van der Waals surface area (Å²) < 4.78 is 27.9. The minimum Gasteiger partial charge on any atom is -0.329 e. The highest BCUT2D eigenvalue weighted by Gasteiger charge is 2.26. The molecule has 0 aromatic heterocycles. The fourth-order valence-electron chi connectivity index (χ4n) is 1.92. The highest BCUT2D eigenvalue weighted by atomic mass is 35.5. The van der Waals surface area contributed by atoms with Crippen LogP contribution in [0.3, 0.4) is 0 Å². The van der Waals surface area contributed by atoms with E-state index in [-0.39, 0.29) is 12.4 Å². The lowest BCUT2D eigenvalue weighted by atomic mass is 10.2. The van der Waals surface area contributed by atoms with Gasteiger partial charge in [-0.2, -0.15) is 17.0 Å². The molecular weight excluding hydrogens is 298 g/mol. The van der Waals surface area contributed by atoms with Gasteiger partial charge in [-0.1, -0.05) is 44.2 Å². The monoisotopic (exact) mass is 321 g/mol. The number of halogens is 1. The Kier molecular flexibility index (Phi) is 9.00. The second kappa shape index (κ2) is 9.31. The maximum Gasteiger partial charge on any atom is 0.282 e. The number of hydrogen-bond acceptors (Lipinski definition) is 3. The lowest BCUT2D eigenvalue weighted by Gasteiger charge is -2.28. The molecule has 0 heterocycles. The fraction of sp³-hybridized carbons (Fsp3) is 0.538. The number of benzene rings is 1. The van der Waals surface area contributed by atoms with Crippen molar-refractivity contribution >= 4 is 22.6 Å². The van der Waals surface area contributed by atoms with Gasteiger partial charge in [-0.05, 0) is 5.56 Å². The summed E-state index contributed by atoms with van der Waals surface area (Å²) in [6.07, 6.45) is 0. The minimum absolute atomic E-state index is 0. The summed E-state index contributed by atoms with van der Waals surface area (Å²) in [5.41, 5.74) is 6.50. The molecule has 2 N–H and O–H groups in total. The molecule has 5 nitrogen and oxygen atoms in total. The number of rotatable bonds is 8. The fourth-order valence-corrected chi connectivity index (χ4v) is 3.55. The third-order valence-electron chi connectivity index (χ3n) is 2.94. The van der Waals surface area contributed by atoms with E-state index in [1.54, 1.807) is 0 Å². The van der Waals surface area contributed by atoms with Crippen molar-refractivity contribution in [2.75, 3.05) is 26.2 Å². The maximum absolute atomic E-state index is 12.5. The van der Waals surface area contributed by atoms with Crippen molar-refractivity contribution in [1.82, 2.24) is 8.61 Å². The van der Waals surface area contributed by atoms with E-state index >= 15 is 0 Å². The van der Waals surface area contributed by atoms with Crippen molar-refractivity contribution in [2.24, 2.45) is 5.73 Å². The summed E-state index contributed by atoms with van der Waals surface area (Å²) in [5, 5.41) is 0. The first-order valence-electron chi connectivity index (χ1n) is 6.55. The van der Waals surface area contributed by atoms with Crippen molar-refractivity contribution in [3.63, 3.8) is 0 Å². The topological polar surface area (TPSA) is 66.6 Å². The molecule has 1 aromatic rings. The molecule has 20 heavy (non-hydrogen) atoms. The van der Waals surface area contributed by atoms with Crippen LogP contribution in [0.25, 0.3) is 0 Å². The summed E-state index contributed by atoms with van der Waals surface area (Å²) in [6, 6.07) is 9.55. The molecule has 0 aliphatic heterocycles. The SMILES string of the molecule is CCN(CC)S(=O)(=O)N(CCN)Cc1ccccc1.Cl. The molecule has 0 saturated heterocycles. The highest BCUT2D eigenvalue weighted by molar-refractivity contribution is 7.86. The van der Waals surface area contributed by atoms with Crippen molar-refractivity contribution in [3.05, 3.63) is 35.9 Å². The summed E-state index contributed by atoms with van der Waals surface area (Å²) in [4.78, 5) is 0. The van der Waals surface area contributed by atoms with E-state index in [1.807, 2.05) is 44.2 Å². The van der Waals surface area contributed by atoms with Gasteiger partial charge in [-0.3, -0.25) is 0 Å². The van der Waals surface area contributed by atoms with Crippen LogP contribution in [0.1, 0.15) is 19.4 Å². The van der Waals surface area contributed by atoms with Crippen LogP contribution in [0.2, 0.25) is 0 Å². The molecule has 0 fully saturated rings. The molecule has 7 heteroatoms. The number of hydrogen-bond donors (Lipinski definition) is 1. The normalized spacial score (nSPS) is 11.7. The van der Waals surface area contributed by atoms with Gasteiger partial charge in [0.05, 0.1) is 0 Å². The van der Waals surface area contributed by atoms with E-state index < -0.39 is 10.2 Å². The van der Waals surface area contributed by atoms with E-state index in [4.69, 9.17) is 5.73 Å². The zero-order valence-electron chi connectivity index (χ0n) is 12.0. The third-order valence-corrected chi connectivity index (χ3v) is 5.07. The van der Waals surface area contributed by atoms with E-state index in [9.17, 15) is 8.42 Å². The number of nitrogens with two attached hydrogens (primary N) is 1. The number of nitrogens with zero attached hydrogens (tertiary/aromatic N) is 2. The molecule has 0 atom stereocenters. The molecule has 0 bridgehead atoms. The second-order valence-electron chi connectivity index (χ2n) is 4.20. The molecule has 0 aliphatic carbocycles. The average Bonchev–Trinajstić information content (AvgIpc) is 2.40. The molecule has 0 radical (unpaired) electrons. The standard InChI is InChI=1S/C13H23N3O2S.ClH/c1-3-15(4-2)19(17,18)16(11-10-14)12-13-8-6-5-7-9-13;/h5-9H,3-4,10-12,14H2,1-2H3;1H. The van der Waals surface area contributed by atoms with Gasteiger partial charge in [0, 0.05) is 32.7 Å². The lowest BCUT2D eigenvalue weighted by Crippen LogP contribution is -2.45. The van der Waals surface area contributed by atoms with Crippen molar-refractivity contribution in [2.45, 2.75) is 20.4 Å². The van der Waals surface area contributed by atoms with Crippen LogP contribution in [0.15, 0.2) is 30.3 Å². The Hall–Kier alpha value is -0.660. The Morgan fingerprint density at radius 3 is 2.05 bits per heavy atom. The molecular formula is C13H24ClN3O2S. The lowest BCUT2D eigenvalue weighted by molar-refractivity contribution is 0.348. The van der Waals surface area contributed by atoms with Gasteiger partial charge < -0.3 is 5.73 Å². The zero-order valence-corrected chi connectivity index (χ0v) is 13.7. The third kappa shape index (κ3) is 5.03. The Labute approximate surface area is 128 Å². The van der Waals surface area contributed by atoms with Crippen LogP contribution in [-0.4, -0.2) is 43.2 Å². The van der Waals surface area contributed by atoms with Crippen LogP contribution < -0.4 is 5.73 Å². The molecule has 1 rings (SSSR count). The van der Waals surface area contributed by atoms with Crippen LogP contribution in [0, 0.1) is 0 Å². The summed E-state index contributed by atoms with van der Waals surface area (Å²) in [7, 11) is -3.44. The predicted molar refractivity (Wildman–Crippen MR) is 85.0 cm³/mol. The van der Waals surface area contributed by atoms with Crippen LogP contribution >= 0.6 is 12.4 Å². The van der Waals surface area contributed by atoms with Crippen molar-refractivity contribution in [1.29, 1.82) is 0 Å². The Morgan fingerprint density at radius 1 is 1.05 bits per heavy atom. The van der Waals surface area contributed by atoms with Crippen LogP contribution in [0.4, 0.5) is 0 Å². The van der Waals surface area contributed by atoms with Gasteiger partial charge in [0.15, 0.2) is 0 Å². The largest absolute Gasteiger partial charge is 0.329 e. The molecule has 1 aromatic carbocycles. The zero-order chi connectivity index (χ0) is 14.3. The quantitative estimate of drug-likeness (QED) is 0.788. The molecule has 0 spiro atoms. The predicted octanol–water partition coefficient (Wildman–Crippen LogP) is 1.46. The van der Waals surface area contributed by atoms with Gasteiger partial charge in [0.1, 0.15) is 0 Å². The maximum atomic E-state index is 12.5. The first-order chi connectivity index (χ1) is 9.06. The van der Waals surface area contributed by atoms with Gasteiger partial charge in [-0.25, -0.2) is 0 Å². The van der Waals surface area contributed by atoms with Gasteiger partial charge >= 0.3 is 0 Å². The first kappa shape index (κ1) is 19.3. The average molecular weight is 322 g/mol. The highest BCUT2D eigenvalue weighted by Crippen LogP contribution is 2.12. The summed E-state index contributed by atoms with van der Waals surface area (Å²) in [6.45, 7) is 5.61. The Bertz CT molecular complexity index is 464. The van der Waals surface area contributed by atoms with Gasteiger partial charge in [0.2, 0.25) is 0 Å². The summed E-state index contributed by atoms with van der Waals surface area (Å²) in [5.74, 6) is 0. The first-order valence-corrected chi connectivity index (χ1v) is 7.95. The molecule has 0 aliphatic rings. The van der Waals surface area contributed by atoms with Crippen molar-refractivity contribution < 1.29 is 8.42 Å². The molecule has 0 unspecified atom stereocenters. The molecule has 0 amide bonds. The Morgan fingerprint density at radius 2 is 1.60 bits per heavy atom. The molecule has 0 saturated carbocycles. The van der Waals surface area contributed by atoms with E-state index in [2.05, 4.69) is 0 Å². The van der Waals surface area contributed by atoms with Gasteiger partial charge in [-0.15, -0.1) is 12.4 Å². The van der Waals surface area contributed by atoms with Crippen LogP contribution in [0.5, 0.6) is 0 Å². The van der Waals surface area contributed by atoms with E-state index in [1.165, 1.54) is 8.61 Å². The van der Waals surface area contributed by atoms with Crippen LogP contribution in [-0.2, 0) is 16.8 Å². The smallest absolute Gasteiger partial charge is 0.282 e. The van der Waals surface area contributed by atoms with E-state index in [0.29, 0.717) is 32.7 Å². The molecule has 116 valence electrons. The van der Waals surface area contributed by atoms with Crippen molar-refractivity contribution in [3.8, 4) is 0 Å².